The molecule has 4 heteroatoms. The van der Waals surface area contributed by atoms with E-state index in [0.717, 1.165) is 26.5 Å². The molecule has 0 aliphatic heterocycles. The smallest absolute Gasteiger partial charge is 0.120 e. The van der Waals surface area contributed by atoms with Gasteiger partial charge < -0.3 is 10.5 Å². The molecule has 0 amide bonds. The summed E-state index contributed by atoms with van der Waals surface area (Å²) in [6.07, 6.45) is 0. The van der Waals surface area contributed by atoms with E-state index >= 15 is 0 Å². The van der Waals surface area contributed by atoms with Crippen molar-refractivity contribution in [1.82, 2.24) is 4.98 Å². The van der Waals surface area contributed by atoms with Crippen LogP contribution < -0.4 is 10.5 Å². The lowest BCUT2D eigenvalue weighted by Crippen LogP contribution is -2.28. The highest BCUT2D eigenvalue weighted by Gasteiger charge is 2.20. The quantitative estimate of drug-likeness (QED) is 0.872. The summed E-state index contributed by atoms with van der Waals surface area (Å²) < 4.78 is 6.38. The van der Waals surface area contributed by atoms with Crippen LogP contribution in [0.15, 0.2) is 12.1 Å². The van der Waals surface area contributed by atoms with E-state index in [2.05, 4.69) is 4.98 Å². The number of nitrogens with zero attached hydrogens (tertiary/aromatic N) is 1. The molecule has 2 rings (SSSR count). The number of benzene rings is 1. The summed E-state index contributed by atoms with van der Waals surface area (Å²) in [5, 5.41) is 0.957. The van der Waals surface area contributed by atoms with Gasteiger partial charge >= 0.3 is 0 Å². The van der Waals surface area contributed by atoms with Gasteiger partial charge in [-0.25, -0.2) is 4.98 Å². The third-order valence-corrected chi connectivity index (χ3v) is 3.79. The van der Waals surface area contributed by atoms with Gasteiger partial charge in [-0.1, -0.05) is 0 Å². The number of methoxy groups -OCH3 is 1. The molecule has 0 spiro atoms. The normalized spacial score (nSPS) is 12.1. The Morgan fingerprint density at radius 1 is 1.38 bits per heavy atom. The first kappa shape index (κ1) is 11.4. The fraction of sp³-hybridized carbons (Fsp3) is 0.417. The van der Waals surface area contributed by atoms with Crippen LogP contribution in [0.25, 0.3) is 10.2 Å². The van der Waals surface area contributed by atoms with Gasteiger partial charge in [0.1, 0.15) is 10.8 Å². The van der Waals surface area contributed by atoms with Crippen molar-refractivity contribution < 1.29 is 4.74 Å². The number of thiazole rings is 1. The Morgan fingerprint density at radius 2 is 2.06 bits per heavy atom. The molecule has 0 unspecified atom stereocenters. The molecular formula is C12H16N2OS. The number of nitrogens with two attached hydrogens (primary N) is 1. The van der Waals surface area contributed by atoms with Crippen molar-refractivity contribution in [1.29, 1.82) is 0 Å². The van der Waals surface area contributed by atoms with E-state index < -0.39 is 0 Å². The van der Waals surface area contributed by atoms with Crippen molar-refractivity contribution >= 4 is 21.6 Å². The van der Waals surface area contributed by atoms with Crippen molar-refractivity contribution in [2.24, 2.45) is 5.73 Å². The Labute approximate surface area is 99.3 Å². The van der Waals surface area contributed by atoms with Crippen LogP contribution in [0, 0.1) is 6.92 Å². The molecule has 86 valence electrons. The first-order chi connectivity index (χ1) is 7.41. The molecule has 0 fully saturated rings. The Bertz CT molecular complexity index is 526. The second kappa shape index (κ2) is 3.71. The zero-order valence-corrected chi connectivity index (χ0v) is 10.8. The minimum absolute atomic E-state index is 0.386. The number of aryl methyl sites for hydroxylation is 1. The highest BCUT2D eigenvalue weighted by Crippen LogP contribution is 2.32. The third-order valence-electron chi connectivity index (χ3n) is 2.45. The molecule has 0 atom stereocenters. The molecule has 3 nitrogen and oxygen atoms in total. The van der Waals surface area contributed by atoms with Crippen molar-refractivity contribution in [3.63, 3.8) is 0 Å². The maximum Gasteiger partial charge on any atom is 0.120 e. The zero-order valence-electron chi connectivity index (χ0n) is 10.00. The first-order valence-corrected chi connectivity index (χ1v) is 5.98. The maximum absolute atomic E-state index is 6.06. The Morgan fingerprint density at radius 3 is 2.62 bits per heavy atom. The van der Waals surface area contributed by atoms with Crippen LogP contribution >= 0.6 is 11.3 Å². The van der Waals surface area contributed by atoms with Gasteiger partial charge in [0.25, 0.3) is 0 Å². The molecule has 16 heavy (non-hydrogen) atoms. The predicted molar refractivity (Wildman–Crippen MR) is 68.1 cm³/mol. The summed E-state index contributed by atoms with van der Waals surface area (Å²) in [6, 6.07) is 4.00. The van der Waals surface area contributed by atoms with Crippen LogP contribution in [-0.4, -0.2) is 12.1 Å². The third kappa shape index (κ3) is 1.90. The number of fused-ring (bicyclic) bond motifs is 1. The van der Waals surface area contributed by atoms with Crippen LogP contribution in [0.2, 0.25) is 0 Å². The van der Waals surface area contributed by atoms with Crippen LogP contribution in [0.3, 0.4) is 0 Å². The minimum Gasteiger partial charge on any atom is -0.497 e. The fourth-order valence-corrected chi connectivity index (χ4v) is 2.65. The van der Waals surface area contributed by atoms with Gasteiger partial charge in [-0.3, -0.25) is 0 Å². The molecule has 1 heterocycles. The summed E-state index contributed by atoms with van der Waals surface area (Å²) in [4.78, 5) is 4.60. The highest BCUT2D eigenvalue weighted by atomic mass is 32.1. The molecule has 0 aliphatic carbocycles. The Balaban J connectivity index is 2.66. The standard InChI is InChI=1S/C12H16N2OS/c1-7-5-8(15-4)6-9-10(7)14-11(16-9)12(2,3)13/h5-6H,13H2,1-4H3. The van der Waals surface area contributed by atoms with Crippen LogP contribution in [0.5, 0.6) is 5.75 Å². The van der Waals surface area contributed by atoms with Gasteiger partial charge in [0.15, 0.2) is 0 Å². The number of ether oxygens (including phenoxy) is 1. The van der Waals surface area contributed by atoms with E-state index in [1.165, 1.54) is 0 Å². The lowest BCUT2D eigenvalue weighted by Gasteiger charge is -2.13. The van der Waals surface area contributed by atoms with Gasteiger partial charge in [-0.05, 0) is 38.5 Å². The molecule has 2 N–H and O–H groups in total. The van der Waals surface area contributed by atoms with Gasteiger partial charge in [-0.2, -0.15) is 0 Å². The SMILES string of the molecule is COc1cc(C)c2nc(C(C)(C)N)sc2c1. The molecule has 1 aromatic carbocycles. The average molecular weight is 236 g/mol. The number of hydrogen-bond acceptors (Lipinski definition) is 4. The van der Waals surface area contributed by atoms with Gasteiger partial charge in [0, 0.05) is 0 Å². The second-order valence-electron chi connectivity index (χ2n) is 4.53. The van der Waals surface area contributed by atoms with Crippen LogP contribution in [-0.2, 0) is 5.54 Å². The number of aromatic nitrogens is 1. The Hall–Kier alpha value is -1.13. The largest absolute Gasteiger partial charge is 0.497 e. The van der Waals surface area contributed by atoms with E-state index in [1.54, 1.807) is 18.4 Å². The number of rotatable bonds is 2. The monoisotopic (exact) mass is 236 g/mol. The molecule has 0 aliphatic rings. The minimum atomic E-state index is -0.386. The van der Waals surface area contributed by atoms with Crippen molar-refractivity contribution in [2.75, 3.05) is 7.11 Å². The van der Waals surface area contributed by atoms with E-state index in [1.807, 2.05) is 32.9 Å². The summed E-state index contributed by atoms with van der Waals surface area (Å²) in [5.41, 5.74) is 7.83. The van der Waals surface area contributed by atoms with Crippen molar-refractivity contribution in [3.8, 4) is 5.75 Å². The van der Waals surface area contributed by atoms with E-state index in [9.17, 15) is 0 Å². The van der Waals surface area contributed by atoms with Gasteiger partial charge in [-0.15, -0.1) is 11.3 Å². The molecular weight excluding hydrogens is 220 g/mol. The fourth-order valence-electron chi connectivity index (χ4n) is 1.56. The average Bonchev–Trinajstić information content (AvgIpc) is 2.61. The van der Waals surface area contributed by atoms with Gasteiger partial charge in [0.2, 0.25) is 0 Å². The predicted octanol–water partition coefficient (Wildman–Crippen LogP) is 2.81. The van der Waals surface area contributed by atoms with E-state index in [4.69, 9.17) is 10.5 Å². The summed E-state index contributed by atoms with van der Waals surface area (Å²) in [5.74, 6) is 0.870. The van der Waals surface area contributed by atoms with Gasteiger partial charge in [0.05, 0.1) is 22.9 Å². The van der Waals surface area contributed by atoms with E-state index in [-0.39, 0.29) is 5.54 Å². The van der Waals surface area contributed by atoms with Crippen molar-refractivity contribution in [3.05, 3.63) is 22.7 Å². The topological polar surface area (TPSA) is 48.1 Å². The van der Waals surface area contributed by atoms with E-state index in [0.29, 0.717) is 0 Å². The molecule has 0 bridgehead atoms. The highest BCUT2D eigenvalue weighted by molar-refractivity contribution is 7.18. The van der Waals surface area contributed by atoms with Crippen molar-refractivity contribution in [2.45, 2.75) is 26.3 Å². The van der Waals surface area contributed by atoms with Crippen LogP contribution in [0.4, 0.5) is 0 Å². The maximum atomic E-state index is 6.06. The molecule has 0 saturated carbocycles. The summed E-state index contributed by atoms with van der Waals surface area (Å²) in [7, 11) is 1.68. The molecule has 0 radical (unpaired) electrons. The molecule has 0 saturated heterocycles. The second-order valence-corrected chi connectivity index (χ2v) is 5.56. The lowest BCUT2D eigenvalue weighted by molar-refractivity contribution is 0.415. The summed E-state index contributed by atoms with van der Waals surface area (Å²) in [6.45, 7) is 5.98. The zero-order chi connectivity index (χ0) is 11.9. The summed E-state index contributed by atoms with van der Waals surface area (Å²) >= 11 is 1.63. The number of hydrogen-bond donors (Lipinski definition) is 1. The Kier molecular flexibility index (Phi) is 2.64. The first-order valence-electron chi connectivity index (χ1n) is 5.16. The van der Waals surface area contributed by atoms with Crippen LogP contribution in [0.1, 0.15) is 24.4 Å². The molecule has 2 aromatic rings. The lowest BCUT2D eigenvalue weighted by atomic mass is 10.1. The molecule has 1 aromatic heterocycles.